The maximum atomic E-state index is 13.0. The van der Waals surface area contributed by atoms with E-state index in [2.05, 4.69) is 0 Å². The van der Waals surface area contributed by atoms with Crippen LogP contribution in [0.25, 0.3) is 0 Å². The zero-order chi connectivity index (χ0) is 17.3. The van der Waals surface area contributed by atoms with Gasteiger partial charge >= 0.3 is 12.1 Å². The van der Waals surface area contributed by atoms with Crippen molar-refractivity contribution in [1.82, 2.24) is 0 Å². The fourth-order valence-corrected chi connectivity index (χ4v) is 2.38. The number of benzene rings is 1. The van der Waals surface area contributed by atoms with E-state index in [-0.39, 0.29) is 0 Å². The monoisotopic (exact) mass is 320 g/mol. The van der Waals surface area contributed by atoms with E-state index in [4.69, 9.17) is 9.84 Å². The molecule has 0 amide bonds. The quantitative estimate of drug-likeness (QED) is 0.875. The molecule has 0 saturated heterocycles. The molecule has 0 fully saturated rings. The Kier molecular flexibility index (Phi) is 4.82. The number of hydrogen-bond donors (Lipinski definition) is 2. The zero-order valence-electron chi connectivity index (χ0n) is 12.8. The highest BCUT2D eigenvalue weighted by atomic mass is 19.4. The van der Waals surface area contributed by atoms with Crippen molar-refractivity contribution in [2.75, 3.05) is 7.11 Å². The smallest absolute Gasteiger partial charge is 0.428 e. The van der Waals surface area contributed by atoms with Crippen LogP contribution in [0.2, 0.25) is 0 Å². The van der Waals surface area contributed by atoms with Crippen LogP contribution in [0.15, 0.2) is 18.2 Å². The van der Waals surface area contributed by atoms with E-state index in [1.165, 1.54) is 21.0 Å². The summed E-state index contributed by atoms with van der Waals surface area (Å²) in [5.74, 6) is -1.98. The van der Waals surface area contributed by atoms with Gasteiger partial charge in [-0.2, -0.15) is 13.2 Å². The Morgan fingerprint density at radius 1 is 1.27 bits per heavy atom. The van der Waals surface area contributed by atoms with Crippen molar-refractivity contribution in [1.29, 1.82) is 0 Å². The maximum absolute atomic E-state index is 13.0. The fourth-order valence-electron chi connectivity index (χ4n) is 2.38. The summed E-state index contributed by atoms with van der Waals surface area (Å²) in [4.78, 5) is 11.0. The summed E-state index contributed by atoms with van der Waals surface area (Å²) >= 11 is 0. The van der Waals surface area contributed by atoms with Crippen LogP contribution in [-0.2, 0) is 10.2 Å². The Morgan fingerprint density at radius 3 is 2.23 bits per heavy atom. The minimum absolute atomic E-state index is 0.338. The lowest BCUT2D eigenvalue weighted by Gasteiger charge is -2.35. The van der Waals surface area contributed by atoms with Gasteiger partial charge in [-0.1, -0.05) is 31.5 Å². The van der Waals surface area contributed by atoms with Gasteiger partial charge in [-0.25, -0.2) is 4.79 Å². The number of alkyl halides is 3. The Morgan fingerprint density at radius 2 is 1.82 bits per heavy atom. The van der Waals surface area contributed by atoms with Gasteiger partial charge in [0.2, 0.25) is 0 Å². The van der Waals surface area contributed by atoms with Gasteiger partial charge in [0.15, 0.2) is 0 Å². The van der Waals surface area contributed by atoms with E-state index >= 15 is 0 Å². The van der Waals surface area contributed by atoms with E-state index in [9.17, 15) is 23.1 Å². The van der Waals surface area contributed by atoms with Crippen molar-refractivity contribution in [2.45, 2.75) is 44.4 Å². The summed E-state index contributed by atoms with van der Waals surface area (Å²) in [5.41, 5.74) is -3.92. The minimum atomic E-state index is -5.28. The Balaban J connectivity index is 3.36. The molecule has 0 aromatic heterocycles. The van der Waals surface area contributed by atoms with Crippen LogP contribution in [0, 0.1) is 6.92 Å². The molecule has 1 atom stereocenters. The molecule has 1 aromatic rings. The molecule has 0 saturated carbocycles. The van der Waals surface area contributed by atoms with E-state index < -0.39 is 29.6 Å². The molecular weight excluding hydrogens is 301 g/mol. The second kappa shape index (κ2) is 5.79. The summed E-state index contributed by atoms with van der Waals surface area (Å²) in [7, 11) is 1.37. The first-order chi connectivity index (χ1) is 9.85. The summed E-state index contributed by atoms with van der Waals surface area (Å²) in [6.45, 7) is 4.63. The highest BCUT2D eigenvalue weighted by molar-refractivity contribution is 5.78. The van der Waals surface area contributed by atoms with Crippen LogP contribution in [0.4, 0.5) is 13.2 Å². The topological polar surface area (TPSA) is 66.8 Å². The number of aryl methyl sites for hydroxylation is 1. The van der Waals surface area contributed by atoms with E-state index in [0.29, 0.717) is 11.3 Å². The van der Waals surface area contributed by atoms with Crippen LogP contribution in [-0.4, -0.2) is 35.1 Å². The Hall–Kier alpha value is -1.76. The van der Waals surface area contributed by atoms with Gasteiger partial charge in [-0.15, -0.1) is 0 Å². The third-order valence-corrected chi connectivity index (χ3v) is 3.60. The molecule has 0 aliphatic heterocycles. The number of ether oxygens (including phenoxy) is 1. The molecule has 0 heterocycles. The first-order valence-electron chi connectivity index (χ1n) is 6.53. The number of aliphatic hydroxyl groups is 1. The second-order valence-corrected chi connectivity index (χ2v) is 5.93. The maximum Gasteiger partial charge on any atom is 0.428 e. The number of carboxylic acid groups (broad SMARTS) is 1. The predicted molar refractivity (Wildman–Crippen MR) is 74.0 cm³/mol. The zero-order valence-corrected chi connectivity index (χ0v) is 12.8. The third kappa shape index (κ3) is 3.35. The summed E-state index contributed by atoms with van der Waals surface area (Å²) in [5, 5.41) is 18.5. The van der Waals surface area contributed by atoms with Gasteiger partial charge < -0.3 is 14.9 Å². The summed E-state index contributed by atoms with van der Waals surface area (Å²) in [6.07, 6.45) is -6.31. The number of rotatable bonds is 5. The number of hydrogen-bond acceptors (Lipinski definition) is 3. The normalized spacial score (nSPS) is 15.3. The van der Waals surface area contributed by atoms with Crippen molar-refractivity contribution in [3.63, 3.8) is 0 Å². The van der Waals surface area contributed by atoms with Crippen LogP contribution < -0.4 is 4.74 Å². The molecular formula is C15H19F3O4. The Labute approximate surface area is 126 Å². The average Bonchev–Trinajstić information content (AvgIpc) is 2.36. The van der Waals surface area contributed by atoms with E-state index in [0.717, 1.165) is 5.56 Å². The number of methoxy groups -OCH3 is 1. The summed E-state index contributed by atoms with van der Waals surface area (Å²) in [6, 6.07) is 4.95. The lowest BCUT2D eigenvalue weighted by molar-refractivity contribution is -0.265. The fraction of sp³-hybridized carbons (Fsp3) is 0.533. The first-order valence-corrected chi connectivity index (χ1v) is 6.53. The van der Waals surface area contributed by atoms with Gasteiger partial charge in [-0.05, 0) is 18.4 Å². The molecule has 0 aliphatic rings. The van der Waals surface area contributed by atoms with Gasteiger partial charge in [0.25, 0.3) is 5.60 Å². The second-order valence-electron chi connectivity index (χ2n) is 5.93. The van der Waals surface area contributed by atoms with Crippen LogP contribution in [0.5, 0.6) is 5.75 Å². The van der Waals surface area contributed by atoms with Crippen LogP contribution >= 0.6 is 0 Å². The molecule has 4 nitrogen and oxygen atoms in total. The molecule has 1 aromatic carbocycles. The highest BCUT2D eigenvalue weighted by Crippen LogP contribution is 2.43. The van der Waals surface area contributed by atoms with E-state index in [1.54, 1.807) is 25.1 Å². The van der Waals surface area contributed by atoms with Crippen molar-refractivity contribution in [3.05, 3.63) is 29.3 Å². The van der Waals surface area contributed by atoms with Crippen molar-refractivity contribution in [2.24, 2.45) is 0 Å². The lowest BCUT2D eigenvalue weighted by atomic mass is 9.74. The van der Waals surface area contributed by atoms with Gasteiger partial charge in [0, 0.05) is 12.0 Å². The first kappa shape index (κ1) is 18.3. The van der Waals surface area contributed by atoms with Crippen molar-refractivity contribution in [3.8, 4) is 5.75 Å². The minimum Gasteiger partial charge on any atom is -0.496 e. The molecule has 2 N–H and O–H groups in total. The van der Waals surface area contributed by atoms with Gasteiger partial charge in [-0.3, -0.25) is 0 Å². The van der Waals surface area contributed by atoms with Gasteiger partial charge in [0.05, 0.1) is 7.11 Å². The standard InChI is InChI=1S/C15H19F3O4/c1-9-5-6-11(22-4)10(7-9)13(2,3)8-14(21,12(19)20)15(16,17)18/h5-7,21H,8H2,1-4H3,(H,19,20). The molecule has 1 rings (SSSR count). The molecule has 1 unspecified atom stereocenters. The Bertz CT molecular complexity index is 566. The third-order valence-electron chi connectivity index (χ3n) is 3.60. The number of aliphatic carboxylic acids is 1. The average molecular weight is 320 g/mol. The van der Waals surface area contributed by atoms with Crippen LogP contribution in [0.1, 0.15) is 31.4 Å². The molecule has 0 radical (unpaired) electrons. The van der Waals surface area contributed by atoms with Crippen LogP contribution in [0.3, 0.4) is 0 Å². The number of carboxylic acids is 1. The largest absolute Gasteiger partial charge is 0.496 e. The highest BCUT2D eigenvalue weighted by Gasteiger charge is 2.62. The predicted octanol–water partition coefficient (Wildman–Crippen LogP) is 3.05. The molecule has 124 valence electrons. The number of carbonyl (C=O) groups is 1. The lowest BCUT2D eigenvalue weighted by Crippen LogP contribution is -2.55. The number of halogens is 3. The SMILES string of the molecule is COc1ccc(C)cc1C(C)(C)CC(O)(C(=O)O)C(F)(F)F. The molecule has 22 heavy (non-hydrogen) atoms. The molecule has 7 heteroatoms. The molecule has 0 spiro atoms. The molecule has 0 aliphatic carbocycles. The van der Waals surface area contributed by atoms with E-state index in [1.807, 2.05) is 0 Å². The molecule has 0 bridgehead atoms. The van der Waals surface area contributed by atoms with Crippen molar-refractivity contribution >= 4 is 5.97 Å². The van der Waals surface area contributed by atoms with Gasteiger partial charge in [0.1, 0.15) is 5.75 Å². The van der Waals surface area contributed by atoms with Crippen molar-refractivity contribution < 1.29 is 32.9 Å². The summed E-state index contributed by atoms with van der Waals surface area (Å²) < 4.78 is 44.1.